The first-order valence-corrected chi connectivity index (χ1v) is 13.0. The molecular formula is C26H33N9O3. The molecule has 1 saturated carbocycles. The van der Waals surface area contributed by atoms with E-state index in [0.29, 0.717) is 24.2 Å². The molecule has 3 aliphatic rings. The fourth-order valence-corrected chi connectivity index (χ4v) is 5.62. The van der Waals surface area contributed by atoms with Gasteiger partial charge in [-0.05, 0) is 38.7 Å². The number of aromatic amines is 1. The lowest BCUT2D eigenvalue weighted by molar-refractivity contribution is 0.142. The van der Waals surface area contributed by atoms with E-state index in [0.717, 1.165) is 37.1 Å². The van der Waals surface area contributed by atoms with E-state index in [-0.39, 0.29) is 36.7 Å². The lowest BCUT2D eigenvalue weighted by atomic mass is 10.0. The van der Waals surface area contributed by atoms with Crippen molar-refractivity contribution in [1.29, 1.82) is 0 Å². The van der Waals surface area contributed by atoms with E-state index in [4.69, 9.17) is 4.74 Å². The first-order valence-electron chi connectivity index (χ1n) is 13.0. The molecule has 2 aliphatic heterocycles. The van der Waals surface area contributed by atoms with Gasteiger partial charge in [0.1, 0.15) is 0 Å². The van der Waals surface area contributed by atoms with Crippen LogP contribution >= 0.6 is 0 Å². The highest BCUT2D eigenvalue weighted by Crippen LogP contribution is 2.43. The standard InChI is InChI=1S/C26H33N9O3/c1-26(2)20-18(13-35(26)25(37)27-19-12-17(19)15-8-5-4-6-9-15)21(33-32-20)28-22-29-23(31-24(30-22)38-3)34-11-7-10-16(34)14-36/h4-6,8-9,16-17,19,36H,7,10-14H2,1-3H3,(H,27,37)(H2,28,29,30,31,32,33)/t16-,17?,19?/m0/s1. The highest BCUT2D eigenvalue weighted by molar-refractivity contribution is 5.78. The number of fused-ring (bicyclic) bond motifs is 1. The summed E-state index contributed by atoms with van der Waals surface area (Å²) in [6, 6.07) is 10.5. The third-order valence-corrected chi connectivity index (χ3v) is 7.90. The Kier molecular flexibility index (Phi) is 6.05. The van der Waals surface area contributed by atoms with Gasteiger partial charge in [-0.25, -0.2) is 4.79 Å². The maximum Gasteiger partial charge on any atom is 0.322 e. The molecule has 2 unspecified atom stereocenters. The summed E-state index contributed by atoms with van der Waals surface area (Å²) in [7, 11) is 1.50. The zero-order valence-electron chi connectivity index (χ0n) is 21.8. The van der Waals surface area contributed by atoms with Crippen molar-refractivity contribution in [2.75, 3.05) is 30.5 Å². The number of aliphatic hydroxyl groups is 1. The minimum Gasteiger partial charge on any atom is -0.467 e. The van der Waals surface area contributed by atoms with Crippen molar-refractivity contribution in [2.45, 2.75) is 63.2 Å². The van der Waals surface area contributed by atoms with E-state index in [2.05, 4.69) is 47.9 Å². The van der Waals surface area contributed by atoms with Crippen molar-refractivity contribution in [3.63, 3.8) is 0 Å². The SMILES string of the molecule is COc1nc(Nc2n[nH]c3c2CN(C(=O)NC2CC2c2ccccc2)C3(C)C)nc(N2CCC[C@H]2CO)n1. The second-order valence-electron chi connectivity index (χ2n) is 10.6. The maximum absolute atomic E-state index is 13.3. The number of ether oxygens (including phenoxy) is 1. The number of anilines is 3. The van der Waals surface area contributed by atoms with E-state index in [1.807, 2.05) is 41.8 Å². The van der Waals surface area contributed by atoms with Crippen molar-refractivity contribution in [3.8, 4) is 6.01 Å². The molecule has 4 heterocycles. The van der Waals surface area contributed by atoms with Gasteiger partial charge in [0.15, 0.2) is 5.82 Å². The number of urea groups is 1. The van der Waals surface area contributed by atoms with Crippen LogP contribution in [0.3, 0.4) is 0 Å². The Morgan fingerprint density at radius 1 is 1.24 bits per heavy atom. The van der Waals surface area contributed by atoms with Crippen LogP contribution in [0.5, 0.6) is 6.01 Å². The Morgan fingerprint density at radius 2 is 2.05 bits per heavy atom. The minimum atomic E-state index is -0.574. The first kappa shape index (κ1) is 24.4. The number of H-pyrrole nitrogens is 1. The van der Waals surface area contributed by atoms with Crippen LogP contribution in [-0.4, -0.2) is 73.5 Å². The second kappa shape index (κ2) is 9.43. The van der Waals surface area contributed by atoms with Crippen LogP contribution in [0, 0.1) is 0 Å². The van der Waals surface area contributed by atoms with E-state index >= 15 is 0 Å². The van der Waals surface area contributed by atoms with Crippen LogP contribution in [0.25, 0.3) is 0 Å². The zero-order valence-corrected chi connectivity index (χ0v) is 21.8. The molecule has 3 atom stereocenters. The molecule has 1 aromatic carbocycles. The summed E-state index contributed by atoms with van der Waals surface area (Å²) in [5.74, 6) is 1.64. The number of methoxy groups -OCH3 is 1. The molecule has 4 N–H and O–H groups in total. The molecule has 12 nitrogen and oxygen atoms in total. The summed E-state index contributed by atoms with van der Waals surface area (Å²) < 4.78 is 5.32. The zero-order chi connectivity index (χ0) is 26.4. The quantitative estimate of drug-likeness (QED) is 0.370. The summed E-state index contributed by atoms with van der Waals surface area (Å²) in [5.41, 5.74) is 2.43. The Bertz CT molecular complexity index is 1330. The molecule has 2 amide bonds. The fraction of sp³-hybridized carbons (Fsp3) is 0.500. The van der Waals surface area contributed by atoms with Gasteiger partial charge in [-0.2, -0.15) is 20.1 Å². The summed E-state index contributed by atoms with van der Waals surface area (Å²) in [5, 5.41) is 23.8. The molecule has 12 heteroatoms. The Hall–Kier alpha value is -3.93. The number of nitrogens with one attached hydrogen (secondary N) is 3. The van der Waals surface area contributed by atoms with Crippen LogP contribution in [0.15, 0.2) is 30.3 Å². The van der Waals surface area contributed by atoms with Gasteiger partial charge >= 0.3 is 12.0 Å². The molecule has 6 rings (SSSR count). The average Bonchev–Trinajstić information content (AvgIpc) is 3.23. The molecule has 1 saturated heterocycles. The summed E-state index contributed by atoms with van der Waals surface area (Å²) >= 11 is 0. The van der Waals surface area contributed by atoms with Crippen molar-refractivity contribution in [1.82, 2.24) is 35.4 Å². The lowest BCUT2D eigenvalue weighted by Crippen LogP contribution is -2.47. The predicted molar refractivity (Wildman–Crippen MR) is 140 cm³/mol. The molecular weight excluding hydrogens is 486 g/mol. The van der Waals surface area contributed by atoms with Crippen LogP contribution in [0.4, 0.5) is 22.5 Å². The third kappa shape index (κ3) is 4.28. The van der Waals surface area contributed by atoms with Crippen molar-refractivity contribution >= 4 is 23.7 Å². The van der Waals surface area contributed by atoms with Gasteiger partial charge in [0.2, 0.25) is 11.9 Å². The molecule has 0 radical (unpaired) electrons. The Balaban J connectivity index is 1.19. The molecule has 200 valence electrons. The number of aromatic nitrogens is 5. The van der Waals surface area contributed by atoms with Gasteiger partial charge < -0.3 is 30.3 Å². The number of aliphatic hydroxyl groups excluding tert-OH is 1. The van der Waals surface area contributed by atoms with Gasteiger partial charge in [-0.15, -0.1) is 0 Å². The number of carbonyl (C=O) groups excluding carboxylic acids is 1. The normalized spacial score (nSPS) is 23.3. The Labute approximate surface area is 220 Å². The van der Waals surface area contributed by atoms with E-state index in [1.54, 1.807) is 0 Å². The third-order valence-electron chi connectivity index (χ3n) is 7.90. The number of amides is 2. The van der Waals surface area contributed by atoms with Gasteiger partial charge in [-0.3, -0.25) is 5.10 Å². The smallest absolute Gasteiger partial charge is 0.322 e. The topological polar surface area (TPSA) is 144 Å². The monoisotopic (exact) mass is 519 g/mol. The maximum atomic E-state index is 13.3. The van der Waals surface area contributed by atoms with Gasteiger partial charge in [-0.1, -0.05) is 30.3 Å². The van der Waals surface area contributed by atoms with E-state index < -0.39 is 5.54 Å². The molecule has 2 fully saturated rings. The van der Waals surface area contributed by atoms with Crippen LogP contribution in [0.1, 0.15) is 55.8 Å². The average molecular weight is 520 g/mol. The number of rotatable bonds is 7. The van der Waals surface area contributed by atoms with Crippen molar-refractivity contribution in [3.05, 3.63) is 47.2 Å². The number of benzene rings is 1. The molecule has 2 aromatic heterocycles. The molecule has 38 heavy (non-hydrogen) atoms. The number of carbonyl (C=O) groups is 1. The number of hydrogen-bond acceptors (Lipinski definition) is 9. The largest absolute Gasteiger partial charge is 0.467 e. The van der Waals surface area contributed by atoms with Crippen molar-refractivity contribution < 1.29 is 14.6 Å². The van der Waals surface area contributed by atoms with E-state index in [1.165, 1.54) is 12.7 Å². The number of nitrogens with zero attached hydrogens (tertiary/aromatic N) is 6. The second-order valence-corrected chi connectivity index (χ2v) is 10.6. The lowest BCUT2D eigenvalue weighted by Gasteiger charge is -2.32. The first-order chi connectivity index (χ1) is 18.4. The molecule has 1 aliphatic carbocycles. The Morgan fingerprint density at radius 3 is 2.82 bits per heavy atom. The van der Waals surface area contributed by atoms with Crippen LogP contribution in [-0.2, 0) is 12.1 Å². The van der Waals surface area contributed by atoms with Crippen LogP contribution < -0.4 is 20.3 Å². The van der Waals surface area contributed by atoms with Crippen LogP contribution in [0.2, 0.25) is 0 Å². The molecule has 0 bridgehead atoms. The van der Waals surface area contributed by atoms with Gasteiger partial charge in [0.25, 0.3) is 0 Å². The summed E-state index contributed by atoms with van der Waals surface area (Å²) in [6.07, 6.45) is 2.77. The highest BCUT2D eigenvalue weighted by Gasteiger charge is 2.47. The van der Waals surface area contributed by atoms with Gasteiger partial charge in [0, 0.05) is 24.1 Å². The number of hydrogen-bond donors (Lipinski definition) is 4. The summed E-state index contributed by atoms with van der Waals surface area (Å²) in [4.78, 5) is 30.5. The van der Waals surface area contributed by atoms with E-state index in [9.17, 15) is 9.90 Å². The minimum absolute atomic E-state index is 0.0313. The molecule has 3 aromatic rings. The van der Waals surface area contributed by atoms with Crippen molar-refractivity contribution in [2.24, 2.45) is 0 Å². The predicted octanol–water partition coefficient (Wildman–Crippen LogP) is 2.62. The summed E-state index contributed by atoms with van der Waals surface area (Å²) in [6.45, 7) is 5.19. The fourth-order valence-electron chi connectivity index (χ4n) is 5.62. The van der Waals surface area contributed by atoms with Gasteiger partial charge in [0.05, 0.1) is 37.5 Å². The molecule has 0 spiro atoms. The highest BCUT2D eigenvalue weighted by atomic mass is 16.5.